The average molecular weight is 293 g/mol. The number of nitrogens with zero attached hydrogens (tertiary/aromatic N) is 4. The Morgan fingerprint density at radius 1 is 1.52 bits per heavy atom. The molecule has 7 heteroatoms. The molecule has 1 heterocycles. The number of hydrogen-bond acceptors (Lipinski definition) is 5. The third kappa shape index (κ3) is 4.34. The van der Waals surface area contributed by atoms with Crippen molar-refractivity contribution in [2.45, 2.75) is 13.8 Å². The van der Waals surface area contributed by atoms with Crippen molar-refractivity contribution in [3.05, 3.63) is 24.0 Å². The summed E-state index contributed by atoms with van der Waals surface area (Å²) in [6.07, 6.45) is 1.61. The molecule has 0 bridgehead atoms. The van der Waals surface area contributed by atoms with E-state index in [9.17, 15) is 4.79 Å². The van der Waals surface area contributed by atoms with E-state index in [1.54, 1.807) is 26.4 Å². The number of amidine groups is 1. The minimum Gasteiger partial charge on any atom is -0.409 e. The van der Waals surface area contributed by atoms with E-state index in [2.05, 4.69) is 15.0 Å². The second-order valence-corrected chi connectivity index (χ2v) is 5.06. The average Bonchev–Trinajstić information content (AvgIpc) is 2.50. The summed E-state index contributed by atoms with van der Waals surface area (Å²) < 4.78 is 0. The van der Waals surface area contributed by atoms with Gasteiger partial charge in [-0.25, -0.2) is 0 Å². The Morgan fingerprint density at radius 3 is 2.71 bits per heavy atom. The van der Waals surface area contributed by atoms with Gasteiger partial charge in [0.15, 0.2) is 0 Å². The number of anilines is 1. The molecule has 1 atom stereocenters. The van der Waals surface area contributed by atoms with Crippen molar-refractivity contribution < 1.29 is 10.0 Å². The van der Waals surface area contributed by atoms with Crippen LogP contribution in [0.1, 0.15) is 24.3 Å². The van der Waals surface area contributed by atoms with E-state index < -0.39 is 0 Å². The zero-order chi connectivity index (χ0) is 16.0. The van der Waals surface area contributed by atoms with Crippen LogP contribution in [0.3, 0.4) is 0 Å². The van der Waals surface area contributed by atoms with Gasteiger partial charge in [0.1, 0.15) is 11.5 Å². The Labute approximate surface area is 125 Å². The molecule has 1 rings (SSSR count). The van der Waals surface area contributed by atoms with Crippen molar-refractivity contribution in [3.63, 3.8) is 0 Å². The number of aromatic nitrogens is 1. The number of carbonyl (C=O) groups is 1. The van der Waals surface area contributed by atoms with Gasteiger partial charge in [0.25, 0.3) is 5.91 Å². The summed E-state index contributed by atoms with van der Waals surface area (Å²) in [5, 5.41) is 11.8. The van der Waals surface area contributed by atoms with E-state index >= 15 is 0 Å². The van der Waals surface area contributed by atoms with Crippen molar-refractivity contribution >= 4 is 17.4 Å². The molecule has 1 unspecified atom stereocenters. The van der Waals surface area contributed by atoms with Crippen LogP contribution in [0, 0.1) is 5.92 Å². The van der Waals surface area contributed by atoms with Crippen LogP contribution in [-0.2, 0) is 0 Å². The van der Waals surface area contributed by atoms with E-state index in [0.29, 0.717) is 12.2 Å². The number of rotatable bonds is 6. The SMILES string of the molecule is CCN(CC(C)C(N)=NO)c1ccnc(C(=O)N(C)C)c1. The molecule has 3 N–H and O–H groups in total. The minimum atomic E-state index is -0.141. The fourth-order valence-corrected chi connectivity index (χ4v) is 1.90. The molecule has 1 amide bonds. The van der Waals surface area contributed by atoms with E-state index in [1.165, 1.54) is 4.90 Å². The van der Waals surface area contributed by atoms with E-state index in [-0.39, 0.29) is 17.7 Å². The molecule has 0 aliphatic carbocycles. The molecule has 1 aromatic heterocycles. The van der Waals surface area contributed by atoms with Crippen LogP contribution in [-0.4, -0.2) is 54.0 Å². The van der Waals surface area contributed by atoms with Crippen LogP contribution in [0.25, 0.3) is 0 Å². The lowest BCUT2D eigenvalue weighted by molar-refractivity contribution is 0.0822. The summed E-state index contributed by atoms with van der Waals surface area (Å²) in [6.45, 7) is 5.21. The minimum absolute atomic E-state index is 0.101. The number of hydrogen-bond donors (Lipinski definition) is 2. The fourth-order valence-electron chi connectivity index (χ4n) is 1.90. The van der Waals surface area contributed by atoms with Crippen LogP contribution in [0.4, 0.5) is 5.69 Å². The lowest BCUT2D eigenvalue weighted by Crippen LogP contribution is -2.35. The Bertz CT molecular complexity index is 516. The molecular formula is C14H23N5O2. The summed E-state index contributed by atoms with van der Waals surface area (Å²) in [5.41, 5.74) is 6.90. The topological polar surface area (TPSA) is 95.0 Å². The number of nitrogens with two attached hydrogens (primary N) is 1. The van der Waals surface area contributed by atoms with Crippen molar-refractivity contribution in [1.82, 2.24) is 9.88 Å². The monoisotopic (exact) mass is 293 g/mol. The maximum absolute atomic E-state index is 12.0. The van der Waals surface area contributed by atoms with Crippen LogP contribution in [0.2, 0.25) is 0 Å². The molecule has 0 aromatic carbocycles. The van der Waals surface area contributed by atoms with Gasteiger partial charge in [-0.1, -0.05) is 12.1 Å². The van der Waals surface area contributed by atoms with Crippen molar-refractivity contribution in [2.24, 2.45) is 16.8 Å². The molecule has 0 saturated carbocycles. The van der Waals surface area contributed by atoms with Crippen LogP contribution in [0.15, 0.2) is 23.5 Å². The fraction of sp³-hybridized carbons (Fsp3) is 0.500. The maximum atomic E-state index is 12.0. The van der Waals surface area contributed by atoms with Gasteiger partial charge < -0.3 is 20.7 Å². The summed E-state index contributed by atoms with van der Waals surface area (Å²) >= 11 is 0. The Balaban J connectivity index is 2.96. The number of carbonyl (C=O) groups excluding carboxylic acids is 1. The van der Waals surface area contributed by atoms with Crippen LogP contribution in [0.5, 0.6) is 0 Å². The lowest BCUT2D eigenvalue weighted by atomic mass is 10.1. The van der Waals surface area contributed by atoms with Gasteiger partial charge in [-0.3, -0.25) is 9.78 Å². The van der Waals surface area contributed by atoms with Gasteiger partial charge in [-0.05, 0) is 19.1 Å². The first-order valence-electron chi connectivity index (χ1n) is 6.80. The lowest BCUT2D eigenvalue weighted by Gasteiger charge is -2.26. The number of oxime groups is 1. The Kier molecular flexibility index (Phi) is 5.95. The molecule has 116 valence electrons. The Hall–Kier alpha value is -2.31. The van der Waals surface area contributed by atoms with E-state index in [0.717, 1.165) is 12.2 Å². The highest BCUT2D eigenvalue weighted by atomic mass is 16.4. The van der Waals surface area contributed by atoms with Gasteiger partial charge in [-0.15, -0.1) is 0 Å². The van der Waals surface area contributed by atoms with Crippen molar-refractivity contribution in [2.75, 3.05) is 32.1 Å². The Morgan fingerprint density at radius 2 is 2.19 bits per heavy atom. The largest absolute Gasteiger partial charge is 0.409 e. The normalized spacial score (nSPS) is 12.9. The quantitative estimate of drug-likeness (QED) is 0.353. The highest BCUT2D eigenvalue weighted by molar-refractivity contribution is 5.92. The molecule has 0 aliphatic rings. The first kappa shape index (κ1) is 16.7. The molecule has 21 heavy (non-hydrogen) atoms. The molecule has 0 saturated heterocycles. The van der Waals surface area contributed by atoms with Crippen molar-refractivity contribution in [3.8, 4) is 0 Å². The van der Waals surface area contributed by atoms with E-state index in [4.69, 9.17) is 10.9 Å². The number of amides is 1. The summed E-state index contributed by atoms with van der Waals surface area (Å²) in [5.74, 6) is -0.0550. The predicted octanol–water partition coefficient (Wildman–Crippen LogP) is 0.992. The zero-order valence-electron chi connectivity index (χ0n) is 12.9. The highest BCUT2D eigenvalue weighted by Crippen LogP contribution is 2.17. The second kappa shape index (κ2) is 7.47. The summed E-state index contributed by atoms with van der Waals surface area (Å²) in [7, 11) is 3.38. The molecule has 0 radical (unpaired) electrons. The van der Waals surface area contributed by atoms with Gasteiger partial charge >= 0.3 is 0 Å². The third-order valence-electron chi connectivity index (χ3n) is 3.23. The maximum Gasteiger partial charge on any atom is 0.272 e. The van der Waals surface area contributed by atoms with Gasteiger partial charge in [-0.2, -0.15) is 0 Å². The first-order chi connectivity index (χ1) is 9.90. The first-order valence-corrected chi connectivity index (χ1v) is 6.80. The molecule has 7 nitrogen and oxygen atoms in total. The predicted molar refractivity (Wildman–Crippen MR) is 82.7 cm³/mol. The van der Waals surface area contributed by atoms with Gasteiger partial charge in [0.05, 0.1) is 0 Å². The molecule has 0 aliphatic heterocycles. The highest BCUT2D eigenvalue weighted by Gasteiger charge is 2.16. The third-order valence-corrected chi connectivity index (χ3v) is 3.23. The zero-order valence-corrected chi connectivity index (χ0v) is 12.9. The smallest absolute Gasteiger partial charge is 0.272 e. The van der Waals surface area contributed by atoms with Crippen LogP contribution < -0.4 is 10.6 Å². The standard InChI is InChI=1S/C14H23N5O2/c1-5-19(9-10(2)13(15)17-21)11-6-7-16-12(8-11)14(20)18(3)4/h6-8,10,21H,5,9H2,1-4H3,(H2,15,17). The summed E-state index contributed by atoms with van der Waals surface area (Å²) in [4.78, 5) is 19.6. The van der Waals surface area contributed by atoms with E-state index in [1.807, 2.05) is 19.9 Å². The van der Waals surface area contributed by atoms with Crippen LogP contribution >= 0.6 is 0 Å². The second-order valence-electron chi connectivity index (χ2n) is 5.06. The summed E-state index contributed by atoms with van der Waals surface area (Å²) in [6, 6.07) is 3.60. The van der Waals surface area contributed by atoms with Gasteiger partial charge in [0, 0.05) is 45.0 Å². The van der Waals surface area contributed by atoms with Gasteiger partial charge in [0.2, 0.25) is 0 Å². The molecule has 0 spiro atoms. The molecule has 1 aromatic rings. The molecule has 0 fully saturated rings. The number of pyridine rings is 1. The molecular weight excluding hydrogens is 270 g/mol. The van der Waals surface area contributed by atoms with Crippen molar-refractivity contribution in [1.29, 1.82) is 0 Å².